The van der Waals surface area contributed by atoms with Gasteiger partial charge < -0.3 is 0 Å². The molecule has 0 atom stereocenters. The molecule has 0 aliphatic carbocycles. The first-order chi connectivity index (χ1) is 12.5. The van der Waals surface area contributed by atoms with Crippen molar-refractivity contribution in [2.45, 2.75) is 19.5 Å². The summed E-state index contributed by atoms with van der Waals surface area (Å²) in [4.78, 5) is 16.7. The Morgan fingerprint density at radius 2 is 1.73 bits per heavy atom. The molecule has 0 saturated carbocycles. The Kier molecular flexibility index (Phi) is 4.34. The standard InChI is InChI=1S/C19H19N3O3S/c23-19-17-7-3-4-8-18(17)20-14-21(19)11-12-26(24,25)22-10-9-15-5-1-2-6-16(15)13-22/h1-8,14H,9-13H2. The predicted molar refractivity (Wildman–Crippen MR) is 100 cm³/mol. The third-order valence-electron chi connectivity index (χ3n) is 4.81. The normalized spacial score (nSPS) is 15.1. The highest BCUT2D eigenvalue weighted by atomic mass is 32.2. The lowest BCUT2D eigenvalue weighted by atomic mass is 10.0. The average molecular weight is 369 g/mol. The van der Waals surface area contributed by atoms with Gasteiger partial charge in [0.1, 0.15) is 0 Å². The number of rotatable bonds is 4. The molecule has 1 aliphatic heterocycles. The fourth-order valence-corrected chi connectivity index (χ4v) is 4.71. The van der Waals surface area contributed by atoms with E-state index in [1.165, 1.54) is 20.8 Å². The summed E-state index contributed by atoms with van der Waals surface area (Å²) in [5.41, 5.74) is 2.65. The zero-order valence-electron chi connectivity index (χ0n) is 14.2. The van der Waals surface area contributed by atoms with Crippen LogP contribution in [0.25, 0.3) is 10.9 Å². The fourth-order valence-electron chi connectivity index (χ4n) is 3.32. The lowest BCUT2D eigenvalue weighted by Gasteiger charge is -2.28. The van der Waals surface area contributed by atoms with Crippen molar-refractivity contribution in [3.05, 3.63) is 76.3 Å². The molecule has 3 aromatic rings. The van der Waals surface area contributed by atoms with Crippen molar-refractivity contribution in [3.8, 4) is 0 Å². The minimum Gasteiger partial charge on any atom is -0.298 e. The summed E-state index contributed by atoms with van der Waals surface area (Å²) in [6, 6.07) is 15.0. The van der Waals surface area contributed by atoms with Gasteiger partial charge in [-0.05, 0) is 29.7 Å². The molecule has 4 rings (SSSR count). The van der Waals surface area contributed by atoms with Crippen molar-refractivity contribution in [1.82, 2.24) is 13.9 Å². The summed E-state index contributed by atoms with van der Waals surface area (Å²) in [5.74, 6) is -0.116. The molecule has 0 N–H and O–H groups in total. The largest absolute Gasteiger partial charge is 0.298 e. The zero-order chi connectivity index (χ0) is 18.1. The van der Waals surface area contributed by atoms with Crippen molar-refractivity contribution in [2.75, 3.05) is 12.3 Å². The van der Waals surface area contributed by atoms with Gasteiger partial charge in [-0.3, -0.25) is 9.36 Å². The van der Waals surface area contributed by atoms with E-state index >= 15 is 0 Å². The number of para-hydroxylation sites is 1. The first-order valence-corrected chi connectivity index (χ1v) is 10.1. The maximum Gasteiger partial charge on any atom is 0.261 e. The van der Waals surface area contributed by atoms with Crippen LogP contribution in [0.15, 0.2) is 59.7 Å². The van der Waals surface area contributed by atoms with Crippen LogP contribution >= 0.6 is 0 Å². The molecule has 0 radical (unpaired) electrons. The topological polar surface area (TPSA) is 72.3 Å². The van der Waals surface area contributed by atoms with E-state index in [2.05, 4.69) is 4.98 Å². The summed E-state index contributed by atoms with van der Waals surface area (Å²) in [7, 11) is -3.45. The number of hydrogen-bond acceptors (Lipinski definition) is 4. The van der Waals surface area contributed by atoms with Gasteiger partial charge >= 0.3 is 0 Å². The number of hydrogen-bond donors (Lipinski definition) is 0. The van der Waals surface area contributed by atoms with E-state index in [-0.39, 0.29) is 17.9 Å². The van der Waals surface area contributed by atoms with Gasteiger partial charge in [-0.15, -0.1) is 0 Å². The number of sulfonamides is 1. The SMILES string of the molecule is O=c1c2ccccc2ncn1CCS(=O)(=O)N1CCc2ccccc2C1. The van der Waals surface area contributed by atoms with E-state index in [9.17, 15) is 13.2 Å². The quantitative estimate of drug-likeness (QED) is 0.703. The minimum absolute atomic E-state index is 0.0944. The van der Waals surface area contributed by atoms with Crippen LogP contribution in [0.5, 0.6) is 0 Å². The number of benzene rings is 2. The van der Waals surface area contributed by atoms with Crippen molar-refractivity contribution in [1.29, 1.82) is 0 Å². The number of nitrogens with zero attached hydrogens (tertiary/aromatic N) is 3. The molecule has 26 heavy (non-hydrogen) atoms. The molecule has 0 fully saturated rings. The minimum atomic E-state index is -3.45. The summed E-state index contributed by atoms with van der Waals surface area (Å²) in [5, 5.41) is 0.499. The summed E-state index contributed by atoms with van der Waals surface area (Å²) in [6.45, 7) is 0.963. The van der Waals surface area contributed by atoms with Gasteiger partial charge in [-0.25, -0.2) is 13.4 Å². The molecule has 0 spiro atoms. The maximum atomic E-state index is 12.7. The molecule has 2 heterocycles. The van der Waals surface area contributed by atoms with Gasteiger partial charge in [-0.2, -0.15) is 4.31 Å². The van der Waals surface area contributed by atoms with E-state index < -0.39 is 10.0 Å². The Bertz CT molecular complexity index is 1120. The van der Waals surface area contributed by atoms with E-state index in [4.69, 9.17) is 0 Å². The van der Waals surface area contributed by atoms with Crippen LogP contribution in [0.3, 0.4) is 0 Å². The fraction of sp³-hybridized carbons (Fsp3) is 0.263. The first kappa shape index (κ1) is 16.9. The average Bonchev–Trinajstić information content (AvgIpc) is 2.67. The molecule has 1 aromatic heterocycles. The first-order valence-electron chi connectivity index (χ1n) is 8.53. The van der Waals surface area contributed by atoms with E-state index in [0.717, 1.165) is 5.56 Å². The molecule has 0 amide bonds. The highest BCUT2D eigenvalue weighted by molar-refractivity contribution is 7.89. The second-order valence-electron chi connectivity index (χ2n) is 6.43. The highest BCUT2D eigenvalue weighted by Crippen LogP contribution is 2.21. The molecule has 6 nitrogen and oxygen atoms in total. The van der Waals surface area contributed by atoms with Gasteiger partial charge in [0.2, 0.25) is 10.0 Å². The summed E-state index contributed by atoms with van der Waals surface area (Å²) in [6.07, 6.45) is 2.14. The molecule has 2 aromatic carbocycles. The molecular weight excluding hydrogens is 350 g/mol. The van der Waals surface area contributed by atoms with E-state index in [1.54, 1.807) is 18.2 Å². The van der Waals surface area contributed by atoms with Gasteiger partial charge in [0.05, 0.1) is 23.0 Å². The maximum absolute atomic E-state index is 12.7. The number of fused-ring (bicyclic) bond motifs is 2. The summed E-state index contributed by atoms with van der Waals surface area (Å²) < 4.78 is 28.3. The molecular formula is C19H19N3O3S. The number of aryl methyl sites for hydroxylation is 1. The van der Waals surface area contributed by atoms with Crippen molar-refractivity contribution >= 4 is 20.9 Å². The second-order valence-corrected chi connectivity index (χ2v) is 8.52. The molecule has 0 unspecified atom stereocenters. The van der Waals surface area contributed by atoms with Crippen LogP contribution in [0.2, 0.25) is 0 Å². The van der Waals surface area contributed by atoms with Crippen LogP contribution in [-0.4, -0.2) is 34.6 Å². The molecule has 134 valence electrons. The number of aromatic nitrogens is 2. The zero-order valence-corrected chi connectivity index (χ0v) is 15.0. The molecule has 7 heteroatoms. The Hall–Kier alpha value is -2.51. The van der Waals surface area contributed by atoms with Crippen molar-refractivity contribution in [2.24, 2.45) is 0 Å². The van der Waals surface area contributed by atoms with Gasteiger partial charge in [0.25, 0.3) is 5.56 Å². The molecule has 0 saturated heterocycles. The lowest BCUT2D eigenvalue weighted by Crippen LogP contribution is -2.39. The van der Waals surface area contributed by atoms with Crippen LogP contribution < -0.4 is 5.56 Å². The van der Waals surface area contributed by atoms with Crippen LogP contribution in [0.1, 0.15) is 11.1 Å². The predicted octanol–water partition coefficient (Wildman–Crippen LogP) is 1.78. The van der Waals surface area contributed by atoms with Crippen molar-refractivity contribution in [3.63, 3.8) is 0 Å². The van der Waals surface area contributed by atoms with Crippen LogP contribution in [0, 0.1) is 0 Å². The Labute approximate surface area is 151 Å². The third kappa shape index (κ3) is 3.15. The Balaban J connectivity index is 1.53. The van der Waals surface area contributed by atoms with Crippen LogP contribution in [-0.2, 0) is 29.5 Å². The lowest BCUT2D eigenvalue weighted by molar-refractivity contribution is 0.389. The van der Waals surface area contributed by atoms with E-state index in [0.29, 0.717) is 30.4 Å². The molecule has 0 bridgehead atoms. The van der Waals surface area contributed by atoms with E-state index in [1.807, 2.05) is 30.3 Å². The Morgan fingerprint density at radius 1 is 1.00 bits per heavy atom. The third-order valence-corrected chi connectivity index (χ3v) is 6.61. The smallest absolute Gasteiger partial charge is 0.261 e. The van der Waals surface area contributed by atoms with Gasteiger partial charge in [-0.1, -0.05) is 36.4 Å². The highest BCUT2D eigenvalue weighted by Gasteiger charge is 2.26. The van der Waals surface area contributed by atoms with Crippen molar-refractivity contribution < 1.29 is 8.42 Å². The monoisotopic (exact) mass is 369 g/mol. The van der Waals surface area contributed by atoms with Gasteiger partial charge in [0.15, 0.2) is 0 Å². The summed E-state index contributed by atoms with van der Waals surface area (Å²) >= 11 is 0. The molecule has 1 aliphatic rings. The Morgan fingerprint density at radius 3 is 2.58 bits per heavy atom. The second kappa shape index (κ2) is 6.66. The van der Waals surface area contributed by atoms with Gasteiger partial charge in [0, 0.05) is 19.6 Å². The van der Waals surface area contributed by atoms with Crippen LogP contribution in [0.4, 0.5) is 0 Å².